The quantitative estimate of drug-likeness (QED) is 0.602. The number of likely N-dealkylation sites (N-methyl/N-ethyl adjacent to an activating group) is 1. The molecule has 0 bridgehead atoms. The van der Waals surface area contributed by atoms with E-state index in [1.54, 1.807) is 0 Å². The Hall–Kier alpha value is -1.24. The van der Waals surface area contributed by atoms with Crippen LogP contribution in [0.2, 0.25) is 0 Å². The van der Waals surface area contributed by atoms with E-state index in [0.717, 1.165) is 0 Å². The molecule has 0 N–H and O–H groups in total. The zero-order valence-electron chi connectivity index (χ0n) is 9.33. The summed E-state index contributed by atoms with van der Waals surface area (Å²) in [5.41, 5.74) is 4.19. The van der Waals surface area contributed by atoms with Gasteiger partial charge in [0.25, 0.3) is 0 Å². The first-order valence-corrected chi connectivity index (χ1v) is 5.05. The number of benzene rings is 1. The van der Waals surface area contributed by atoms with Crippen LogP contribution in [0.5, 0.6) is 0 Å². The van der Waals surface area contributed by atoms with Gasteiger partial charge in [0, 0.05) is 18.3 Å². The molecule has 0 radical (unpaired) electrons. The van der Waals surface area contributed by atoms with Gasteiger partial charge in [-0.05, 0) is 32.4 Å². The van der Waals surface area contributed by atoms with Crippen LogP contribution in [0.15, 0.2) is 30.3 Å². The molecule has 1 heteroatoms. The molecule has 0 aliphatic carbocycles. The Morgan fingerprint density at radius 3 is 2.50 bits per heavy atom. The molecule has 0 spiro atoms. The van der Waals surface area contributed by atoms with Crippen LogP contribution < -0.4 is 4.90 Å². The molecule has 1 aliphatic rings. The highest BCUT2D eigenvalue weighted by Gasteiger charge is 2.27. The molecular formula is C13H17N. The predicted molar refractivity (Wildman–Crippen MR) is 62.6 cm³/mol. The number of hydrogen-bond donors (Lipinski definition) is 0. The summed E-state index contributed by atoms with van der Waals surface area (Å²) in [7, 11) is 2.15. The van der Waals surface area contributed by atoms with Crippen molar-refractivity contribution < 1.29 is 0 Å². The van der Waals surface area contributed by atoms with E-state index < -0.39 is 0 Å². The van der Waals surface area contributed by atoms with Crippen LogP contribution in [0.25, 0.3) is 5.57 Å². The Balaban J connectivity index is 2.63. The Morgan fingerprint density at radius 2 is 1.79 bits per heavy atom. The molecule has 0 saturated carbocycles. The maximum atomic E-state index is 2.33. The number of fused-ring (bicyclic) bond motifs is 1. The lowest BCUT2D eigenvalue weighted by Gasteiger charge is -2.40. The molecule has 0 aromatic heterocycles. The summed E-state index contributed by atoms with van der Waals surface area (Å²) in [5.74, 6) is 0. The van der Waals surface area contributed by atoms with Crippen molar-refractivity contribution in [3.8, 4) is 0 Å². The van der Waals surface area contributed by atoms with Gasteiger partial charge in [0.1, 0.15) is 0 Å². The first-order valence-electron chi connectivity index (χ1n) is 5.05. The fourth-order valence-electron chi connectivity index (χ4n) is 2.11. The van der Waals surface area contributed by atoms with Crippen molar-refractivity contribution in [1.29, 1.82) is 0 Å². The number of allylic oxidation sites excluding steroid dienone is 1. The lowest BCUT2D eigenvalue weighted by atomic mass is 9.89. The predicted octanol–water partition coefficient (Wildman–Crippen LogP) is 3.32. The van der Waals surface area contributed by atoms with Crippen molar-refractivity contribution in [2.75, 3.05) is 11.9 Å². The van der Waals surface area contributed by atoms with Gasteiger partial charge < -0.3 is 4.90 Å². The van der Waals surface area contributed by atoms with Gasteiger partial charge in [-0.3, -0.25) is 0 Å². The molecule has 0 unspecified atom stereocenters. The highest BCUT2D eigenvalue weighted by atomic mass is 15.2. The van der Waals surface area contributed by atoms with Crippen molar-refractivity contribution in [2.24, 2.45) is 0 Å². The van der Waals surface area contributed by atoms with Crippen molar-refractivity contribution in [3.05, 3.63) is 35.9 Å². The van der Waals surface area contributed by atoms with Crippen molar-refractivity contribution >= 4 is 11.3 Å². The van der Waals surface area contributed by atoms with Crippen LogP contribution in [-0.2, 0) is 0 Å². The standard InChI is InChI=1S/C13H17N/c1-10-9-13(2,3)14(4)12-8-6-5-7-11(10)12/h5-9H,1-4H3. The summed E-state index contributed by atoms with van der Waals surface area (Å²) in [4.78, 5) is 2.33. The Kier molecular flexibility index (Phi) is 1.91. The smallest absolute Gasteiger partial charge is 0.0531 e. The number of hydrogen-bond acceptors (Lipinski definition) is 1. The summed E-state index contributed by atoms with van der Waals surface area (Å²) < 4.78 is 0. The van der Waals surface area contributed by atoms with Gasteiger partial charge in [0.15, 0.2) is 0 Å². The van der Waals surface area contributed by atoms with Crippen molar-refractivity contribution in [1.82, 2.24) is 0 Å². The summed E-state index contributed by atoms with van der Waals surface area (Å²) in [6.07, 6.45) is 2.33. The van der Waals surface area contributed by atoms with E-state index in [9.17, 15) is 0 Å². The van der Waals surface area contributed by atoms with Crippen LogP contribution in [0.3, 0.4) is 0 Å². The van der Waals surface area contributed by atoms with Crippen LogP contribution >= 0.6 is 0 Å². The molecule has 0 atom stereocenters. The molecule has 0 saturated heterocycles. The number of anilines is 1. The molecule has 1 heterocycles. The average molecular weight is 187 g/mol. The SMILES string of the molecule is CC1=CC(C)(C)N(C)c2ccccc21. The third-order valence-corrected chi connectivity index (χ3v) is 3.12. The molecule has 1 aromatic carbocycles. The van der Waals surface area contributed by atoms with Crippen molar-refractivity contribution in [3.63, 3.8) is 0 Å². The molecule has 1 nitrogen and oxygen atoms in total. The zero-order chi connectivity index (χ0) is 10.3. The maximum absolute atomic E-state index is 2.33. The third-order valence-electron chi connectivity index (χ3n) is 3.12. The molecule has 0 fully saturated rings. The number of rotatable bonds is 0. The molecule has 2 rings (SSSR count). The molecule has 74 valence electrons. The first-order chi connectivity index (χ1) is 6.52. The largest absolute Gasteiger partial charge is 0.366 e. The number of para-hydroxylation sites is 1. The minimum absolute atomic E-state index is 0.123. The second-order valence-electron chi connectivity index (χ2n) is 4.56. The highest BCUT2D eigenvalue weighted by Crippen LogP contribution is 2.37. The molecule has 1 aromatic rings. The molecular weight excluding hydrogens is 170 g/mol. The minimum Gasteiger partial charge on any atom is -0.366 e. The van der Waals surface area contributed by atoms with Crippen LogP contribution in [0, 0.1) is 0 Å². The van der Waals surface area contributed by atoms with Crippen LogP contribution in [0.1, 0.15) is 26.3 Å². The van der Waals surface area contributed by atoms with Crippen LogP contribution in [0.4, 0.5) is 5.69 Å². The zero-order valence-corrected chi connectivity index (χ0v) is 9.33. The Bertz CT molecular complexity index is 388. The Labute approximate surface area is 86.1 Å². The summed E-state index contributed by atoms with van der Waals surface area (Å²) in [6, 6.07) is 8.58. The molecule has 1 aliphatic heterocycles. The highest BCUT2D eigenvalue weighted by molar-refractivity contribution is 5.80. The van der Waals surface area contributed by atoms with Gasteiger partial charge >= 0.3 is 0 Å². The summed E-state index contributed by atoms with van der Waals surface area (Å²) in [5, 5.41) is 0. The normalized spacial score (nSPS) is 18.9. The van der Waals surface area contributed by atoms with E-state index in [1.807, 2.05) is 0 Å². The van der Waals surface area contributed by atoms with E-state index in [4.69, 9.17) is 0 Å². The third kappa shape index (κ3) is 1.24. The van der Waals surface area contributed by atoms with Crippen LogP contribution in [-0.4, -0.2) is 12.6 Å². The average Bonchev–Trinajstić information content (AvgIpc) is 2.14. The van der Waals surface area contributed by atoms with E-state index in [1.165, 1.54) is 16.8 Å². The second kappa shape index (κ2) is 2.88. The number of nitrogens with zero attached hydrogens (tertiary/aromatic N) is 1. The maximum Gasteiger partial charge on any atom is 0.0531 e. The monoisotopic (exact) mass is 187 g/mol. The minimum atomic E-state index is 0.123. The Morgan fingerprint density at radius 1 is 1.14 bits per heavy atom. The lowest BCUT2D eigenvalue weighted by Crippen LogP contribution is -2.41. The van der Waals surface area contributed by atoms with Gasteiger partial charge in [0.2, 0.25) is 0 Å². The van der Waals surface area contributed by atoms with E-state index in [-0.39, 0.29) is 5.54 Å². The van der Waals surface area contributed by atoms with E-state index in [0.29, 0.717) is 0 Å². The van der Waals surface area contributed by atoms with Gasteiger partial charge in [-0.15, -0.1) is 0 Å². The van der Waals surface area contributed by atoms with E-state index >= 15 is 0 Å². The topological polar surface area (TPSA) is 3.24 Å². The molecule has 0 amide bonds. The summed E-state index contributed by atoms with van der Waals surface area (Å²) in [6.45, 7) is 6.67. The first kappa shape index (κ1) is 9.32. The van der Waals surface area contributed by atoms with E-state index in [2.05, 4.69) is 63.1 Å². The van der Waals surface area contributed by atoms with Gasteiger partial charge in [-0.2, -0.15) is 0 Å². The fraction of sp³-hybridized carbons (Fsp3) is 0.385. The second-order valence-corrected chi connectivity index (χ2v) is 4.56. The molecule has 14 heavy (non-hydrogen) atoms. The van der Waals surface area contributed by atoms with Gasteiger partial charge in [-0.25, -0.2) is 0 Å². The fourth-order valence-corrected chi connectivity index (χ4v) is 2.11. The summed E-state index contributed by atoms with van der Waals surface area (Å²) >= 11 is 0. The lowest BCUT2D eigenvalue weighted by molar-refractivity contribution is 0.598. The van der Waals surface area contributed by atoms with Gasteiger partial charge in [-0.1, -0.05) is 24.3 Å². The van der Waals surface area contributed by atoms with Crippen molar-refractivity contribution in [2.45, 2.75) is 26.3 Å². The van der Waals surface area contributed by atoms with Gasteiger partial charge in [0.05, 0.1) is 5.54 Å².